The largest absolute Gasteiger partial charge is 0.395 e. The molecule has 1 fully saturated rings. The average Bonchev–Trinajstić information content (AvgIpc) is 3.59. The van der Waals surface area contributed by atoms with Gasteiger partial charge in [0.15, 0.2) is 0 Å². The van der Waals surface area contributed by atoms with Crippen molar-refractivity contribution in [2.45, 2.75) is 25.2 Å². The van der Waals surface area contributed by atoms with E-state index >= 15 is 0 Å². The number of aliphatic hydroxyl groups excluding tert-OH is 1. The fourth-order valence-electron chi connectivity index (χ4n) is 4.62. The van der Waals surface area contributed by atoms with Gasteiger partial charge in [-0.1, -0.05) is 6.92 Å². The zero-order valence-corrected chi connectivity index (χ0v) is 19.2. The minimum Gasteiger partial charge on any atom is -0.395 e. The van der Waals surface area contributed by atoms with Crippen LogP contribution < -0.4 is 10.6 Å². The van der Waals surface area contributed by atoms with Gasteiger partial charge >= 0.3 is 0 Å². The Morgan fingerprint density at radius 2 is 2.15 bits per heavy atom. The second-order valence-corrected chi connectivity index (χ2v) is 9.05. The molecule has 0 bridgehead atoms. The van der Waals surface area contributed by atoms with E-state index in [1.165, 1.54) is 0 Å². The number of hydrogen-bond acceptors (Lipinski definition) is 8. The number of fused-ring (bicyclic) bond motifs is 1. The SMILES string of the molecule is Cn1ncc(Nc2nccc(-c3cc(C#N)c4c(c3)C(C)(CO)CN4)n2)c1C(=O)N1CCCC1. The second-order valence-electron chi connectivity index (χ2n) is 9.05. The Bertz CT molecular complexity index is 1300. The molecule has 0 spiro atoms. The van der Waals surface area contributed by atoms with Crippen LogP contribution >= 0.6 is 0 Å². The number of carbonyl (C=O) groups excluding carboxylic acids is 1. The maximum Gasteiger partial charge on any atom is 0.274 e. The number of amides is 1. The lowest BCUT2D eigenvalue weighted by molar-refractivity contribution is 0.0783. The van der Waals surface area contributed by atoms with Crippen molar-refractivity contribution >= 4 is 23.2 Å². The number of anilines is 3. The first-order chi connectivity index (χ1) is 16.4. The Balaban J connectivity index is 1.48. The monoisotopic (exact) mass is 458 g/mol. The number of aliphatic hydroxyl groups is 1. The van der Waals surface area contributed by atoms with E-state index in [1.54, 1.807) is 36.3 Å². The van der Waals surface area contributed by atoms with Gasteiger partial charge in [-0.15, -0.1) is 0 Å². The van der Waals surface area contributed by atoms with Gasteiger partial charge in [-0.05, 0) is 36.6 Å². The van der Waals surface area contributed by atoms with Gasteiger partial charge in [0.05, 0.1) is 35.4 Å². The molecule has 0 radical (unpaired) electrons. The summed E-state index contributed by atoms with van der Waals surface area (Å²) in [6.45, 7) is 3.98. The molecule has 34 heavy (non-hydrogen) atoms. The molecule has 2 aliphatic rings. The van der Waals surface area contributed by atoms with Crippen molar-refractivity contribution in [2.24, 2.45) is 7.05 Å². The first kappa shape index (κ1) is 21.9. The number of likely N-dealkylation sites (tertiary alicyclic amines) is 1. The topological polar surface area (TPSA) is 132 Å². The lowest BCUT2D eigenvalue weighted by Gasteiger charge is -2.21. The summed E-state index contributed by atoms with van der Waals surface area (Å²) in [5, 5.41) is 30.3. The maximum absolute atomic E-state index is 13.0. The molecule has 10 nitrogen and oxygen atoms in total. The third-order valence-electron chi connectivity index (χ3n) is 6.65. The predicted molar refractivity (Wildman–Crippen MR) is 127 cm³/mol. The number of aryl methyl sites for hydroxylation is 1. The van der Waals surface area contributed by atoms with Crippen molar-refractivity contribution in [3.05, 3.63) is 47.4 Å². The minimum atomic E-state index is -0.481. The molecule has 1 atom stereocenters. The number of rotatable bonds is 5. The maximum atomic E-state index is 13.0. The molecule has 3 N–H and O–H groups in total. The molecule has 1 unspecified atom stereocenters. The van der Waals surface area contributed by atoms with Gasteiger partial charge in [-0.2, -0.15) is 10.4 Å². The molecule has 10 heteroatoms. The highest BCUT2D eigenvalue weighted by Crippen LogP contribution is 2.41. The smallest absolute Gasteiger partial charge is 0.274 e. The fraction of sp³-hybridized carbons (Fsp3) is 0.375. The summed E-state index contributed by atoms with van der Waals surface area (Å²) in [5.41, 5.74) is 4.06. The van der Waals surface area contributed by atoms with Gasteiger partial charge in [0, 0.05) is 43.9 Å². The Morgan fingerprint density at radius 3 is 2.88 bits per heavy atom. The zero-order chi connectivity index (χ0) is 23.9. The van der Waals surface area contributed by atoms with E-state index in [4.69, 9.17) is 0 Å². The summed E-state index contributed by atoms with van der Waals surface area (Å²) in [5.74, 6) is 0.257. The Morgan fingerprint density at radius 1 is 1.35 bits per heavy atom. The quantitative estimate of drug-likeness (QED) is 0.531. The number of nitrogens with zero attached hydrogens (tertiary/aromatic N) is 6. The van der Waals surface area contributed by atoms with E-state index in [-0.39, 0.29) is 12.5 Å². The highest BCUT2D eigenvalue weighted by molar-refractivity contribution is 5.98. The number of nitrogens with one attached hydrogen (secondary N) is 2. The molecule has 4 heterocycles. The lowest BCUT2D eigenvalue weighted by atomic mass is 9.83. The van der Waals surface area contributed by atoms with Crippen LogP contribution in [0.4, 0.5) is 17.3 Å². The molecule has 1 amide bonds. The lowest BCUT2D eigenvalue weighted by Crippen LogP contribution is -2.30. The molecule has 1 saturated heterocycles. The molecule has 2 aromatic heterocycles. The Kier molecular flexibility index (Phi) is 5.42. The molecular weight excluding hydrogens is 432 g/mol. The van der Waals surface area contributed by atoms with Gasteiger partial charge in [0.1, 0.15) is 11.8 Å². The van der Waals surface area contributed by atoms with Crippen molar-refractivity contribution in [2.75, 3.05) is 36.9 Å². The van der Waals surface area contributed by atoms with Crippen molar-refractivity contribution in [3.8, 4) is 17.3 Å². The van der Waals surface area contributed by atoms with Crippen LogP contribution in [-0.4, -0.2) is 61.9 Å². The summed E-state index contributed by atoms with van der Waals surface area (Å²) < 4.78 is 1.56. The van der Waals surface area contributed by atoms with Crippen LogP contribution in [0.2, 0.25) is 0 Å². The summed E-state index contributed by atoms with van der Waals surface area (Å²) in [6, 6.07) is 7.77. The van der Waals surface area contributed by atoms with Crippen LogP contribution in [0.25, 0.3) is 11.3 Å². The van der Waals surface area contributed by atoms with Gasteiger partial charge in [0.25, 0.3) is 5.91 Å². The van der Waals surface area contributed by atoms with Crippen LogP contribution in [0.5, 0.6) is 0 Å². The molecule has 0 aliphatic carbocycles. The summed E-state index contributed by atoms with van der Waals surface area (Å²) in [7, 11) is 1.74. The van der Waals surface area contributed by atoms with Crippen LogP contribution in [0.15, 0.2) is 30.6 Å². The molecule has 0 saturated carbocycles. The normalized spacial score (nSPS) is 18.9. The third-order valence-corrected chi connectivity index (χ3v) is 6.65. The van der Waals surface area contributed by atoms with Crippen molar-refractivity contribution < 1.29 is 9.90 Å². The number of benzene rings is 1. The van der Waals surface area contributed by atoms with Crippen LogP contribution in [0, 0.1) is 11.3 Å². The van der Waals surface area contributed by atoms with E-state index < -0.39 is 5.41 Å². The van der Waals surface area contributed by atoms with Crippen LogP contribution in [-0.2, 0) is 12.5 Å². The van der Waals surface area contributed by atoms with E-state index in [1.807, 2.05) is 17.9 Å². The predicted octanol–water partition coefficient (Wildman–Crippen LogP) is 2.40. The van der Waals surface area contributed by atoms with E-state index in [0.717, 1.165) is 42.7 Å². The average molecular weight is 459 g/mol. The summed E-state index contributed by atoms with van der Waals surface area (Å²) >= 11 is 0. The Labute approximate surface area is 197 Å². The number of nitriles is 1. The highest BCUT2D eigenvalue weighted by Gasteiger charge is 2.36. The first-order valence-corrected chi connectivity index (χ1v) is 11.3. The Hall–Kier alpha value is -3.97. The van der Waals surface area contributed by atoms with Crippen molar-refractivity contribution in [1.29, 1.82) is 5.26 Å². The summed E-state index contributed by atoms with van der Waals surface area (Å²) in [4.78, 5) is 23.8. The van der Waals surface area contributed by atoms with Crippen LogP contribution in [0.1, 0.15) is 41.4 Å². The highest BCUT2D eigenvalue weighted by atomic mass is 16.3. The molecule has 2 aliphatic heterocycles. The zero-order valence-electron chi connectivity index (χ0n) is 19.2. The van der Waals surface area contributed by atoms with E-state index in [9.17, 15) is 15.2 Å². The first-order valence-electron chi connectivity index (χ1n) is 11.3. The standard InChI is InChI=1S/C24H26N8O2/c1-24(14-33)13-27-20-16(11-25)9-15(10-17(20)24)18-5-6-26-23(29-18)30-19-12-28-31(2)21(19)22(34)32-7-3-4-8-32/h5-6,9-10,12,27,33H,3-4,7-8,13-14H2,1-2H3,(H,26,29,30). The van der Waals surface area contributed by atoms with E-state index in [0.29, 0.717) is 35.1 Å². The molecular formula is C24H26N8O2. The van der Waals surface area contributed by atoms with E-state index in [2.05, 4.69) is 31.8 Å². The minimum absolute atomic E-state index is 0.0350. The molecule has 174 valence electrons. The van der Waals surface area contributed by atoms with Gasteiger partial charge in [0.2, 0.25) is 5.95 Å². The van der Waals surface area contributed by atoms with Gasteiger partial charge < -0.3 is 20.6 Å². The number of aromatic nitrogens is 4. The van der Waals surface area contributed by atoms with Crippen LogP contribution in [0.3, 0.4) is 0 Å². The van der Waals surface area contributed by atoms with Gasteiger partial charge in [-0.25, -0.2) is 9.97 Å². The number of carbonyl (C=O) groups is 1. The third kappa shape index (κ3) is 3.64. The second kappa shape index (κ2) is 8.43. The summed E-state index contributed by atoms with van der Waals surface area (Å²) in [6.07, 6.45) is 5.24. The van der Waals surface area contributed by atoms with Gasteiger partial charge in [-0.3, -0.25) is 9.48 Å². The van der Waals surface area contributed by atoms with Crippen molar-refractivity contribution in [3.63, 3.8) is 0 Å². The molecule has 1 aromatic carbocycles. The number of hydrogen-bond donors (Lipinski definition) is 3. The molecule has 3 aromatic rings. The van der Waals surface area contributed by atoms with Crippen molar-refractivity contribution in [1.82, 2.24) is 24.6 Å². The fourth-order valence-corrected chi connectivity index (χ4v) is 4.62. The molecule has 5 rings (SSSR count).